The van der Waals surface area contributed by atoms with E-state index >= 15 is 0 Å². The van der Waals surface area contributed by atoms with Crippen LogP contribution in [-0.2, 0) is 6.42 Å². The maximum absolute atomic E-state index is 12.2. The average Bonchev–Trinajstić information content (AvgIpc) is 2.47. The molecule has 1 amide bonds. The third kappa shape index (κ3) is 3.48. The minimum atomic E-state index is -0.213. The smallest absolute Gasteiger partial charge is 0.255 e. The molecule has 1 aromatic carbocycles. The van der Waals surface area contributed by atoms with Gasteiger partial charge in [-0.05, 0) is 36.2 Å². The minimum Gasteiger partial charge on any atom is -0.373 e. The molecular weight excluding hydrogens is 274 g/mol. The highest BCUT2D eigenvalue weighted by molar-refractivity contribution is 6.30. The molecule has 0 radical (unpaired) electrons. The van der Waals surface area contributed by atoms with Crippen molar-refractivity contribution in [2.45, 2.75) is 13.3 Å². The zero-order valence-electron chi connectivity index (χ0n) is 11.4. The Balaban J connectivity index is 2.16. The molecule has 5 heteroatoms. The number of carbonyl (C=O) groups excluding carboxylic acids is 1. The van der Waals surface area contributed by atoms with Gasteiger partial charge in [-0.2, -0.15) is 0 Å². The molecule has 2 rings (SSSR count). The van der Waals surface area contributed by atoms with E-state index in [4.69, 9.17) is 11.6 Å². The van der Waals surface area contributed by atoms with Gasteiger partial charge in [0.2, 0.25) is 0 Å². The van der Waals surface area contributed by atoms with Gasteiger partial charge < -0.3 is 10.6 Å². The first-order chi connectivity index (χ1) is 9.62. The number of rotatable bonds is 4. The number of hydrogen-bond acceptors (Lipinski definition) is 3. The molecule has 0 aliphatic heterocycles. The zero-order valence-corrected chi connectivity index (χ0v) is 12.2. The van der Waals surface area contributed by atoms with Crippen LogP contribution in [0.25, 0.3) is 0 Å². The van der Waals surface area contributed by atoms with Crippen molar-refractivity contribution in [3.8, 4) is 0 Å². The van der Waals surface area contributed by atoms with Gasteiger partial charge in [-0.25, -0.2) is 4.98 Å². The van der Waals surface area contributed by atoms with Crippen molar-refractivity contribution in [1.82, 2.24) is 4.98 Å². The van der Waals surface area contributed by atoms with Crippen LogP contribution in [0.3, 0.4) is 0 Å². The standard InChI is InChI=1S/C15H16ClN3O/c1-3-10-4-6-12(7-5-10)18-15(20)11-8-13(16)19-14(9-11)17-2/h4-9H,3H2,1-2H3,(H,17,19)(H,18,20). The summed E-state index contributed by atoms with van der Waals surface area (Å²) < 4.78 is 0. The van der Waals surface area contributed by atoms with Crippen molar-refractivity contribution in [1.29, 1.82) is 0 Å². The Morgan fingerprint density at radius 1 is 1.25 bits per heavy atom. The van der Waals surface area contributed by atoms with Crippen LogP contribution in [0.15, 0.2) is 36.4 Å². The number of nitrogens with zero attached hydrogens (tertiary/aromatic N) is 1. The highest BCUT2D eigenvalue weighted by Crippen LogP contribution is 2.16. The van der Waals surface area contributed by atoms with Crippen LogP contribution in [0.5, 0.6) is 0 Å². The van der Waals surface area contributed by atoms with Gasteiger partial charge >= 0.3 is 0 Å². The Morgan fingerprint density at radius 2 is 1.95 bits per heavy atom. The largest absolute Gasteiger partial charge is 0.373 e. The molecule has 1 aromatic heterocycles. The summed E-state index contributed by atoms with van der Waals surface area (Å²) in [6.45, 7) is 2.09. The number of pyridine rings is 1. The summed E-state index contributed by atoms with van der Waals surface area (Å²) in [5.41, 5.74) is 2.45. The van der Waals surface area contributed by atoms with Gasteiger partial charge in [0.1, 0.15) is 11.0 Å². The van der Waals surface area contributed by atoms with E-state index in [1.54, 1.807) is 13.1 Å². The van der Waals surface area contributed by atoms with E-state index in [0.29, 0.717) is 11.4 Å². The third-order valence-corrected chi connectivity index (χ3v) is 3.13. The number of anilines is 2. The van der Waals surface area contributed by atoms with E-state index in [9.17, 15) is 4.79 Å². The summed E-state index contributed by atoms with van der Waals surface area (Å²) in [7, 11) is 1.73. The van der Waals surface area contributed by atoms with E-state index in [-0.39, 0.29) is 11.1 Å². The SMILES string of the molecule is CCc1ccc(NC(=O)c2cc(Cl)nc(NC)c2)cc1. The lowest BCUT2D eigenvalue weighted by Gasteiger charge is -2.08. The molecule has 2 aromatic rings. The molecule has 4 nitrogen and oxygen atoms in total. The molecule has 2 N–H and O–H groups in total. The van der Waals surface area contributed by atoms with Crippen LogP contribution in [0.2, 0.25) is 5.15 Å². The lowest BCUT2D eigenvalue weighted by atomic mass is 10.1. The lowest BCUT2D eigenvalue weighted by Crippen LogP contribution is -2.12. The molecular formula is C15H16ClN3O. The summed E-state index contributed by atoms with van der Waals surface area (Å²) in [4.78, 5) is 16.2. The molecule has 0 saturated carbocycles. The average molecular weight is 290 g/mol. The first-order valence-electron chi connectivity index (χ1n) is 6.38. The Labute approximate surface area is 123 Å². The summed E-state index contributed by atoms with van der Waals surface area (Å²) in [5.74, 6) is 0.346. The molecule has 0 saturated heterocycles. The number of aromatic nitrogens is 1. The summed E-state index contributed by atoms with van der Waals surface area (Å²) in [6.07, 6.45) is 0.972. The van der Waals surface area contributed by atoms with Gasteiger partial charge in [0.25, 0.3) is 5.91 Å². The maximum Gasteiger partial charge on any atom is 0.255 e. The lowest BCUT2D eigenvalue weighted by molar-refractivity contribution is 0.102. The van der Waals surface area contributed by atoms with Gasteiger partial charge in [-0.1, -0.05) is 30.7 Å². The fraction of sp³-hybridized carbons (Fsp3) is 0.200. The molecule has 20 heavy (non-hydrogen) atoms. The third-order valence-electron chi connectivity index (χ3n) is 2.93. The zero-order chi connectivity index (χ0) is 14.5. The molecule has 0 aliphatic carbocycles. The molecule has 0 aliphatic rings. The van der Waals surface area contributed by atoms with Gasteiger partial charge in [-0.15, -0.1) is 0 Å². The number of aryl methyl sites for hydroxylation is 1. The quantitative estimate of drug-likeness (QED) is 0.846. The van der Waals surface area contributed by atoms with Crippen LogP contribution < -0.4 is 10.6 Å². The molecule has 0 bridgehead atoms. The molecule has 1 heterocycles. The van der Waals surface area contributed by atoms with Crippen molar-refractivity contribution in [3.63, 3.8) is 0 Å². The molecule has 0 spiro atoms. The number of halogens is 1. The molecule has 104 valence electrons. The van der Waals surface area contributed by atoms with Gasteiger partial charge in [0.05, 0.1) is 0 Å². The van der Waals surface area contributed by atoms with Crippen molar-refractivity contribution < 1.29 is 4.79 Å². The fourth-order valence-corrected chi connectivity index (χ4v) is 1.99. The predicted molar refractivity (Wildman–Crippen MR) is 82.6 cm³/mol. The fourth-order valence-electron chi connectivity index (χ4n) is 1.78. The second-order valence-corrected chi connectivity index (χ2v) is 4.71. The Kier molecular flexibility index (Phi) is 4.58. The first kappa shape index (κ1) is 14.3. The van der Waals surface area contributed by atoms with E-state index in [0.717, 1.165) is 12.1 Å². The van der Waals surface area contributed by atoms with Crippen LogP contribution >= 0.6 is 11.6 Å². The van der Waals surface area contributed by atoms with Gasteiger partial charge in [0.15, 0.2) is 0 Å². The number of benzene rings is 1. The Morgan fingerprint density at radius 3 is 2.55 bits per heavy atom. The second-order valence-electron chi connectivity index (χ2n) is 4.32. The van der Waals surface area contributed by atoms with E-state index in [2.05, 4.69) is 22.5 Å². The summed E-state index contributed by atoms with van der Waals surface area (Å²) in [5, 5.41) is 5.98. The van der Waals surface area contributed by atoms with E-state index in [1.165, 1.54) is 11.6 Å². The van der Waals surface area contributed by atoms with E-state index < -0.39 is 0 Å². The van der Waals surface area contributed by atoms with Crippen LogP contribution in [-0.4, -0.2) is 17.9 Å². The van der Waals surface area contributed by atoms with Crippen LogP contribution in [0, 0.1) is 0 Å². The summed E-state index contributed by atoms with van der Waals surface area (Å²) >= 11 is 5.88. The monoisotopic (exact) mass is 289 g/mol. The van der Waals surface area contributed by atoms with Crippen molar-refractivity contribution >= 4 is 29.0 Å². The molecule has 0 fully saturated rings. The first-order valence-corrected chi connectivity index (χ1v) is 6.76. The Bertz CT molecular complexity index is 611. The topological polar surface area (TPSA) is 54.0 Å². The molecule has 0 atom stereocenters. The normalized spacial score (nSPS) is 10.2. The Hall–Kier alpha value is -2.07. The predicted octanol–water partition coefficient (Wildman–Crippen LogP) is 3.59. The van der Waals surface area contributed by atoms with Gasteiger partial charge in [0, 0.05) is 18.3 Å². The molecule has 0 unspecified atom stereocenters. The number of carbonyl (C=O) groups is 1. The maximum atomic E-state index is 12.2. The number of hydrogen-bond donors (Lipinski definition) is 2. The summed E-state index contributed by atoms with van der Waals surface area (Å²) in [6, 6.07) is 11.0. The second kappa shape index (κ2) is 6.39. The van der Waals surface area contributed by atoms with Crippen molar-refractivity contribution in [3.05, 3.63) is 52.7 Å². The van der Waals surface area contributed by atoms with Crippen LogP contribution in [0.1, 0.15) is 22.8 Å². The van der Waals surface area contributed by atoms with Gasteiger partial charge in [-0.3, -0.25) is 4.79 Å². The highest BCUT2D eigenvalue weighted by atomic mass is 35.5. The minimum absolute atomic E-state index is 0.213. The number of amides is 1. The number of nitrogens with one attached hydrogen (secondary N) is 2. The van der Waals surface area contributed by atoms with Crippen LogP contribution in [0.4, 0.5) is 11.5 Å². The van der Waals surface area contributed by atoms with E-state index in [1.807, 2.05) is 24.3 Å². The van der Waals surface area contributed by atoms with Crippen molar-refractivity contribution in [2.24, 2.45) is 0 Å². The highest BCUT2D eigenvalue weighted by Gasteiger charge is 2.09. The van der Waals surface area contributed by atoms with Crippen molar-refractivity contribution in [2.75, 3.05) is 17.7 Å².